The Morgan fingerprint density at radius 3 is 2.18 bits per heavy atom. The van der Waals surface area contributed by atoms with E-state index < -0.39 is 0 Å². The van der Waals surface area contributed by atoms with E-state index >= 15 is 0 Å². The predicted molar refractivity (Wildman–Crippen MR) is 94.2 cm³/mol. The molecule has 22 heavy (non-hydrogen) atoms. The van der Waals surface area contributed by atoms with Gasteiger partial charge in [-0.2, -0.15) is 0 Å². The molecule has 2 aromatic rings. The molecule has 0 amide bonds. The molecular weight excluding hydrogens is 268 g/mol. The minimum atomic E-state index is 0.549. The van der Waals surface area contributed by atoms with E-state index in [1.165, 1.54) is 22.4 Å². The molecule has 1 aliphatic carbocycles. The third kappa shape index (κ3) is 3.02. The van der Waals surface area contributed by atoms with Crippen LogP contribution in [0.5, 0.6) is 0 Å². The van der Waals surface area contributed by atoms with Crippen molar-refractivity contribution < 1.29 is 0 Å². The SMILES string of the molecule is CC(C)CN(c1ccccc1CN)C1Cc2ccccc2C1. The van der Waals surface area contributed by atoms with Crippen LogP contribution in [0.4, 0.5) is 5.69 Å². The standard InChI is InChI=1S/C20H26N2/c1-15(2)14-22(20-10-6-5-9-18(20)13-21)19-11-16-7-3-4-8-17(16)12-19/h3-10,15,19H,11-14,21H2,1-2H3. The van der Waals surface area contributed by atoms with Crippen LogP contribution in [0.3, 0.4) is 0 Å². The monoisotopic (exact) mass is 294 g/mol. The molecule has 2 aromatic carbocycles. The molecule has 2 nitrogen and oxygen atoms in total. The Hall–Kier alpha value is -1.80. The minimum Gasteiger partial charge on any atom is -0.367 e. The summed E-state index contributed by atoms with van der Waals surface area (Å²) in [5.41, 5.74) is 11.6. The summed E-state index contributed by atoms with van der Waals surface area (Å²) < 4.78 is 0. The van der Waals surface area contributed by atoms with Gasteiger partial charge in [0.25, 0.3) is 0 Å². The second kappa shape index (κ2) is 6.53. The van der Waals surface area contributed by atoms with Crippen LogP contribution in [0, 0.1) is 5.92 Å². The number of hydrogen-bond acceptors (Lipinski definition) is 2. The van der Waals surface area contributed by atoms with Gasteiger partial charge in [-0.3, -0.25) is 0 Å². The maximum absolute atomic E-state index is 5.98. The molecule has 0 radical (unpaired) electrons. The first kappa shape index (κ1) is 15.1. The molecule has 0 aromatic heterocycles. The fourth-order valence-corrected chi connectivity index (χ4v) is 3.56. The number of nitrogens with zero attached hydrogens (tertiary/aromatic N) is 1. The average Bonchev–Trinajstić information content (AvgIpc) is 2.96. The van der Waals surface area contributed by atoms with Gasteiger partial charge in [-0.1, -0.05) is 56.3 Å². The quantitative estimate of drug-likeness (QED) is 0.909. The summed E-state index contributed by atoms with van der Waals surface area (Å²) in [6.45, 7) is 6.26. The van der Waals surface area contributed by atoms with Gasteiger partial charge in [-0.25, -0.2) is 0 Å². The van der Waals surface area contributed by atoms with Crippen molar-refractivity contribution in [1.29, 1.82) is 0 Å². The molecule has 3 rings (SSSR count). The van der Waals surface area contributed by atoms with E-state index in [2.05, 4.69) is 67.3 Å². The van der Waals surface area contributed by atoms with E-state index in [9.17, 15) is 0 Å². The molecule has 0 saturated heterocycles. The van der Waals surface area contributed by atoms with Gasteiger partial charge in [0.15, 0.2) is 0 Å². The normalized spacial score (nSPS) is 14.4. The molecule has 0 bridgehead atoms. The Balaban J connectivity index is 1.91. The van der Waals surface area contributed by atoms with Crippen molar-refractivity contribution in [3.63, 3.8) is 0 Å². The van der Waals surface area contributed by atoms with E-state index in [1.54, 1.807) is 0 Å². The lowest BCUT2D eigenvalue weighted by molar-refractivity contribution is 0.540. The molecule has 2 heteroatoms. The second-order valence-corrected chi connectivity index (χ2v) is 6.71. The third-order valence-corrected chi connectivity index (χ3v) is 4.55. The van der Waals surface area contributed by atoms with Gasteiger partial charge in [0.1, 0.15) is 0 Å². The largest absolute Gasteiger partial charge is 0.367 e. The number of nitrogens with two attached hydrogens (primary N) is 1. The number of fused-ring (bicyclic) bond motifs is 1. The maximum Gasteiger partial charge on any atom is 0.0414 e. The zero-order valence-corrected chi connectivity index (χ0v) is 13.6. The second-order valence-electron chi connectivity index (χ2n) is 6.71. The fourth-order valence-electron chi connectivity index (χ4n) is 3.56. The Morgan fingerprint density at radius 2 is 1.59 bits per heavy atom. The number of hydrogen-bond donors (Lipinski definition) is 1. The zero-order chi connectivity index (χ0) is 15.5. The average molecular weight is 294 g/mol. The van der Waals surface area contributed by atoms with Crippen molar-refractivity contribution in [3.05, 3.63) is 65.2 Å². The van der Waals surface area contributed by atoms with Gasteiger partial charge < -0.3 is 10.6 Å². The van der Waals surface area contributed by atoms with E-state index in [0.29, 0.717) is 18.5 Å². The molecule has 0 fully saturated rings. The van der Waals surface area contributed by atoms with E-state index in [-0.39, 0.29) is 0 Å². The lowest BCUT2D eigenvalue weighted by atomic mass is 10.0. The highest BCUT2D eigenvalue weighted by Crippen LogP contribution is 2.31. The van der Waals surface area contributed by atoms with Crippen LogP contribution in [-0.4, -0.2) is 12.6 Å². The van der Waals surface area contributed by atoms with Crippen LogP contribution in [0.1, 0.15) is 30.5 Å². The van der Waals surface area contributed by atoms with Crippen LogP contribution in [0.25, 0.3) is 0 Å². The van der Waals surface area contributed by atoms with Crippen LogP contribution < -0.4 is 10.6 Å². The van der Waals surface area contributed by atoms with Crippen LogP contribution in [-0.2, 0) is 19.4 Å². The van der Waals surface area contributed by atoms with Crippen molar-refractivity contribution in [2.24, 2.45) is 11.7 Å². The topological polar surface area (TPSA) is 29.3 Å². The number of anilines is 1. The Bertz CT molecular complexity index is 608. The van der Waals surface area contributed by atoms with Gasteiger partial charge in [0.2, 0.25) is 0 Å². The zero-order valence-electron chi connectivity index (χ0n) is 13.6. The number of para-hydroxylation sites is 1. The molecule has 0 aliphatic heterocycles. The summed E-state index contributed by atoms with van der Waals surface area (Å²) in [7, 11) is 0. The third-order valence-electron chi connectivity index (χ3n) is 4.55. The van der Waals surface area contributed by atoms with E-state index in [4.69, 9.17) is 5.73 Å². The van der Waals surface area contributed by atoms with Crippen LogP contribution in [0.15, 0.2) is 48.5 Å². The molecule has 2 N–H and O–H groups in total. The van der Waals surface area contributed by atoms with Crippen LogP contribution in [0.2, 0.25) is 0 Å². The number of rotatable bonds is 5. The molecule has 1 aliphatic rings. The molecule has 0 spiro atoms. The molecule has 0 heterocycles. The molecule has 0 unspecified atom stereocenters. The summed E-state index contributed by atoms with van der Waals surface area (Å²) in [6, 6.07) is 18.0. The molecular formula is C20H26N2. The highest BCUT2D eigenvalue weighted by Gasteiger charge is 2.28. The van der Waals surface area contributed by atoms with Gasteiger partial charge in [-0.15, -0.1) is 0 Å². The van der Waals surface area contributed by atoms with Crippen molar-refractivity contribution >= 4 is 5.69 Å². The first-order chi connectivity index (χ1) is 10.7. The maximum atomic E-state index is 5.98. The highest BCUT2D eigenvalue weighted by molar-refractivity contribution is 5.56. The van der Waals surface area contributed by atoms with Crippen molar-refractivity contribution in [3.8, 4) is 0 Å². The molecule has 116 valence electrons. The van der Waals surface area contributed by atoms with Gasteiger partial charge >= 0.3 is 0 Å². The first-order valence-electron chi connectivity index (χ1n) is 8.30. The summed E-state index contributed by atoms with van der Waals surface area (Å²) in [6.07, 6.45) is 2.28. The summed E-state index contributed by atoms with van der Waals surface area (Å²) in [5, 5.41) is 0. The molecule has 0 saturated carbocycles. The Kier molecular flexibility index (Phi) is 4.49. The number of benzene rings is 2. The van der Waals surface area contributed by atoms with Gasteiger partial charge in [0, 0.05) is 24.8 Å². The molecule has 0 atom stereocenters. The summed E-state index contributed by atoms with van der Waals surface area (Å²) in [4.78, 5) is 2.59. The smallest absolute Gasteiger partial charge is 0.0414 e. The van der Waals surface area contributed by atoms with E-state index in [1.807, 2.05) is 0 Å². The summed E-state index contributed by atoms with van der Waals surface area (Å²) >= 11 is 0. The van der Waals surface area contributed by atoms with Crippen molar-refractivity contribution in [1.82, 2.24) is 0 Å². The van der Waals surface area contributed by atoms with Gasteiger partial charge in [-0.05, 0) is 41.5 Å². The fraction of sp³-hybridized carbons (Fsp3) is 0.400. The lowest BCUT2D eigenvalue weighted by Crippen LogP contribution is -2.39. The highest BCUT2D eigenvalue weighted by atomic mass is 15.2. The Labute approximate surface area is 134 Å². The van der Waals surface area contributed by atoms with E-state index in [0.717, 1.165) is 19.4 Å². The summed E-state index contributed by atoms with van der Waals surface area (Å²) in [5.74, 6) is 0.634. The van der Waals surface area contributed by atoms with Crippen molar-refractivity contribution in [2.75, 3.05) is 11.4 Å². The van der Waals surface area contributed by atoms with Crippen LogP contribution >= 0.6 is 0 Å². The lowest BCUT2D eigenvalue weighted by Gasteiger charge is -2.34. The van der Waals surface area contributed by atoms with Gasteiger partial charge in [0.05, 0.1) is 0 Å². The predicted octanol–water partition coefficient (Wildman–Crippen LogP) is 3.78. The minimum absolute atomic E-state index is 0.549. The van der Waals surface area contributed by atoms with Crippen molar-refractivity contribution in [2.45, 2.75) is 39.3 Å². The Morgan fingerprint density at radius 1 is 1.00 bits per heavy atom. The first-order valence-corrected chi connectivity index (χ1v) is 8.30.